The van der Waals surface area contributed by atoms with Gasteiger partial charge in [0.25, 0.3) is 0 Å². The third-order valence-electron chi connectivity index (χ3n) is 2.17. The van der Waals surface area contributed by atoms with Crippen LogP contribution in [0.2, 0.25) is 5.02 Å². The van der Waals surface area contributed by atoms with Crippen molar-refractivity contribution in [3.05, 3.63) is 64.1 Å². The fourth-order valence-corrected chi connectivity index (χ4v) is 2.53. The van der Waals surface area contributed by atoms with E-state index in [-0.39, 0.29) is 5.69 Å². The number of sulfonamides is 1. The van der Waals surface area contributed by atoms with E-state index in [4.69, 9.17) is 11.6 Å². The predicted octanol–water partition coefficient (Wildman–Crippen LogP) is 3.87. The molecule has 0 aromatic heterocycles. The van der Waals surface area contributed by atoms with Crippen LogP contribution < -0.4 is 0 Å². The lowest BCUT2D eigenvalue weighted by Crippen LogP contribution is -2.00. The lowest BCUT2D eigenvalue weighted by Gasteiger charge is -2.21. The molecule has 2 aromatic rings. The molecule has 0 saturated heterocycles. The second-order valence-electron chi connectivity index (χ2n) is 3.47. The summed E-state index contributed by atoms with van der Waals surface area (Å²) in [5, 5.41) is 0.470. The van der Waals surface area contributed by atoms with Crippen LogP contribution in [-0.2, 0) is 10.0 Å². The van der Waals surface area contributed by atoms with Gasteiger partial charge in [0.2, 0.25) is 0 Å². The van der Waals surface area contributed by atoms with Crippen molar-refractivity contribution in [2.24, 2.45) is 0 Å². The maximum Gasteiger partial charge on any atom is 0.140 e. The Hall–Kier alpha value is -1.59. The molecule has 3 nitrogen and oxygen atoms in total. The molecular formula is C12H8ClFNO2S-. The van der Waals surface area contributed by atoms with Crippen LogP contribution in [0.1, 0.15) is 0 Å². The summed E-state index contributed by atoms with van der Waals surface area (Å²) in [4.78, 5) is -0.444. The Morgan fingerprint density at radius 2 is 1.61 bits per heavy atom. The minimum atomic E-state index is -4.05. The van der Waals surface area contributed by atoms with Gasteiger partial charge in [-0.15, -0.1) is 5.69 Å². The summed E-state index contributed by atoms with van der Waals surface area (Å²) in [6, 6.07) is 11.0. The highest BCUT2D eigenvalue weighted by Gasteiger charge is 2.09. The monoisotopic (exact) mass is 284 g/mol. The summed E-state index contributed by atoms with van der Waals surface area (Å²) in [6.07, 6.45) is 0. The maximum absolute atomic E-state index is 13.4. The standard InChI is InChI=1S/C12H8ClFNO2S/c13-9-5-7-10(8-6-9)15-18(16,17)12-4-2-1-3-11(12)14/h1-8H/q-1. The molecule has 0 unspecified atom stereocenters. The Morgan fingerprint density at radius 3 is 2.22 bits per heavy atom. The van der Waals surface area contributed by atoms with Gasteiger partial charge in [-0.3, -0.25) is 0 Å². The van der Waals surface area contributed by atoms with Gasteiger partial charge < -0.3 is 4.72 Å². The molecule has 6 heteroatoms. The first-order valence-electron chi connectivity index (χ1n) is 4.97. The number of hydrogen-bond acceptors (Lipinski definition) is 2. The van der Waals surface area contributed by atoms with Crippen LogP contribution >= 0.6 is 11.6 Å². The first kappa shape index (κ1) is 12.9. The zero-order chi connectivity index (χ0) is 13.2. The van der Waals surface area contributed by atoms with Crippen molar-refractivity contribution in [2.45, 2.75) is 4.90 Å². The smallest absolute Gasteiger partial charge is 0.140 e. The van der Waals surface area contributed by atoms with Gasteiger partial charge in [0.05, 0.1) is 4.90 Å². The van der Waals surface area contributed by atoms with Crippen LogP contribution in [0.3, 0.4) is 0 Å². The molecule has 0 heterocycles. The van der Waals surface area contributed by atoms with Crippen molar-refractivity contribution in [2.75, 3.05) is 0 Å². The van der Waals surface area contributed by atoms with Gasteiger partial charge >= 0.3 is 0 Å². The Bertz CT molecular complexity index is 656. The molecular weight excluding hydrogens is 277 g/mol. The van der Waals surface area contributed by atoms with Crippen LogP contribution in [0.5, 0.6) is 0 Å². The quantitative estimate of drug-likeness (QED) is 0.859. The molecule has 2 aromatic carbocycles. The summed E-state index contributed by atoms with van der Waals surface area (Å²) in [6.45, 7) is 0. The molecule has 0 aliphatic rings. The van der Waals surface area contributed by atoms with Crippen molar-refractivity contribution in [1.29, 1.82) is 0 Å². The van der Waals surface area contributed by atoms with Crippen molar-refractivity contribution in [3.63, 3.8) is 0 Å². The number of hydrogen-bond donors (Lipinski definition) is 0. The number of benzene rings is 2. The zero-order valence-electron chi connectivity index (χ0n) is 9.05. The van der Waals surface area contributed by atoms with Crippen LogP contribution in [0.15, 0.2) is 53.4 Å². The highest BCUT2D eigenvalue weighted by atomic mass is 35.5. The lowest BCUT2D eigenvalue weighted by molar-refractivity contribution is 0.571. The minimum Gasteiger partial charge on any atom is -0.573 e. The van der Waals surface area contributed by atoms with Crippen LogP contribution in [-0.4, -0.2) is 8.42 Å². The molecule has 0 atom stereocenters. The van der Waals surface area contributed by atoms with Gasteiger partial charge in [0, 0.05) is 5.02 Å². The molecule has 0 fully saturated rings. The Kier molecular flexibility index (Phi) is 3.54. The molecule has 0 radical (unpaired) electrons. The first-order valence-corrected chi connectivity index (χ1v) is 6.79. The highest BCUT2D eigenvalue weighted by molar-refractivity contribution is 7.94. The van der Waals surface area contributed by atoms with Gasteiger partial charge in [-0.05, 0) is 24.3 Å². The maximum atomic E-state index is 13.4. The van der Waals surface area contributed by atoms with E-state index < -0.39 is 20.7 Å². The first-order chi connectivity index (χ1) is 8.49. The molecule has 0 spiro atoms. The summed E-state index contributed by atoms with van der Waals surface area (Å²) >= 11 is 5.67. The topological polar surface area (TPSA) is 48.2 Å². The minimum absolute atomic E-state index is 0.197. The fraction of sp³-hybridized carbons (Fsp3) is 0. The molecule has 0 N–H and O–H groups in total. The number of rotatable bonds is 3. The molecule has 0 aliphatic heterocycles. The highest BCUT2D eigenvalue weighted by Crippen LogP contribution is 2.29. The van der Waals surface area contributed by atoms with Crippen molar-refractivity contribution < 1.29 is 12.8 Å². The molecule has 94 valence electrons. The summed E-state index contributed by atoms with van der Waals surface area (Å²) in [7, 11) is -4.05. The van der Waals surface area contributed by atoms with E-state index in [1.807, 2.05) is 0 Å². The summed E-state index contributed by atoms with van der Waals surface area (Å²) in [5.41, 5.74) is 0.197. The zero-order valence-corrected chi connectivity index (χ0v) is 10.6. The van der Waals surface area contributed by atoms with E-state index in [1.165, 1.54) is 42.5 Å². The molecule has 2 rings (SSSR count). The van der Waals surface area contributed by atoms with Gasteiger partial charge in [-0.2, -0.15) is 0 Å². The SMILES string of the molecule is O=S(=O)([N-]c1ccc(Cl)cc1)c1ccccc1F. The van der Waals surface area contributed by atoms with Crippen molar-refractivity contribution in [1.82, 2.24) is 0 Å². The number of nitrogens with zero attached hydrogens (tertiary/aromatic N) is 1. The molecule has 18 heavy (non-hydrogen) atoms. The molecule has 0 amide bonds. The average molecular weight is 285 g/mol. The molecule has 0 bridgehead atoms. The van der Waals surface area contributed by atoms with Crippen molar-refractivity contribution in [3.8, 4) is 0 Å². The normalized spacial score (nSPS) is 11.2. The second kappa shape index (κ2) is 4.96. The average Bonchev–Trinajstić information content (AvgIpc) is 2.32. The second-order valence-corrected chi connectivity index (χ2v) is 5.48. The van der Waals surface area contributed by atoms with E-state index in [9.17, 15) is 12.8 Å². The summed E-state index contributed by atoms with van der Waals surface area (Å²) < 4.78 is 40.7. The van der Waals surface area contributed by atoms with Gasteiger partial charge in [-0.1, -0.05) is 35.9 Å². The molecule has 0 aliphatic carbocycles. The predicted molar refractivity (Wildman–Crippen MR) is 68.1 cm³/mol. The Balaban J connectivity index is 2.33. The fourth-order valence-electron chi connectivity index (χ4n) is 1.34. The van der Waals surface area contributed by atoms with Gasteiger partial charge in [-0.25, -0.2) is 12.8 Å². The van der Waals surface area contributed by atoms with E-state index in [2.05, 4.69) is 4.72 Å². The largest absolute Gasteiger partial charge is 0.573 e. The third kappa shape index (κ3) is 2.80. The van der Waals surface area contributed by atoms with E-state index in [1.54, 1.807) is 0 Å². The third-order valence-corrected chi connectivity index (χ3v) is 3.76. The van der Waals surface area contributed by atoms with Gasteiger partial charge in [0.15, 0.2) is 0 Å². The molecule has 0 saturated carbocycles. The lowest BCUT2D eigenvalue weighted by atomic mass is 10.3. The van der Waals surface area contributed by atoms with E-state index in [0.29, 0.717) is 5.02 Å². The Labute approximate surface area is 109 Å². The summed E-state index contributed by atoms with van der Waals surface area (Å²) in [5.74, 6) is -0.824. The van der Waals surface area contributed by atoms with E-state index >= 15 is 0 Å². The van der Waals surface area contributed by atoms with Crippen LogP contribution in [0.4, 0.5) is 10.1 Å². The van der Waals surface area contributed by atoms with Crippen molar-refractivity contribution >= 4 is 27.3 Å². The Morgan fingerprint density at radius 1 is 1.00 bits per heavy atom. The van der Waals surface area contributed by atoms with Crippen LogP contribution in [0, 0.1) is 5.82 Å². The van der Waals surface area contributed by atoms with E-state index in [0.717, 1.165) is 6.07 Å². The van der Waals surface area contributed by atoms with Crippen LogP contribution in [0.25, 0.3) is 4.72 Å². The number of halogens is 2. The van der Waals surface area contributed by atoms with Gasteiger partial charge in [0.1, 0.15) is 15.8 Å².